The van der Waals surface area contributed by atoms with Gasteiger partial charge in [0.2, 0.25) is 0 Å². The quantitative estimate of drug-likeness (QED) is 0.775. The summed E-state index contributed by atoms with van der Waals surface area (Å²) in [6.45, 7) is -0.109. The van der Waals surface area contributed by atoms with Gasteiger partial charge in [0.1, 0.15) is 24.8 Å². The number of rotatable bonds is 4. The lowest BCUT2D eigenvalue weighted by Gasteiger charge is -2.16. The second-order valence-electron chi connectivity index (χ2n) is 5.44. The average molecular weight is 331 g/mol. The lowest BCUT2D eigenvalue weighted by molar-refractivity contribution is -0.0531. The molecule has 0 bridgehead atoms. The molecule has 0 radical (unpaired) electrons. The van der Waals surface area contributed by atoms with Crippen LogP contribution in [0.4, 0.5) is 5.82 Å². The Morgan fingerprint density at radius 3 is 2.83 bits per heavy atom. The number of aliphatic hydroxyl groups is 1. The van der Waals surface area contributed by atoms with E-state index in [2.05, 4.69) is 4.98 Å². The van der Waals surface area contributed by atoms with E-state index in [9.17, 15) is 14.7 Å². The molecule has 0 aliphatic carbocycles. The van der Waals surface area contributed by atoms with Crippen LogP contribution in [0.25, 0.3) is 0 Å². The molecule has 3 atom stereocenters. The minimum absolute atomic E-state index is 0.109. The van der Waals surface area contributed by atoms with Gasteiger partial charge >= 0.3 is 11.7 Å². The van der Waals surface area contributed by atoms with Crippen molar-refractivity contribution in [1.29, 1.82) is 0 Å². The zero-order chi connectivity index (χ0) is 17.1. The Bertz CT molecular complexity index is 777. The molecule has 126 valence electrons. The van der Waals surface area contributed by atoms with Crippen molar-refractivity contribution in [2.75, 3.05) is 12.3 Å². The summed E-state index contributed by atoms with van der Waals surface area (Å²) in [5.74, 6) is -0.385. The van der Waals surface area contributed by atoms with E-state index in [1.165, 1.54) is 16.8 Å². The number of esters is 1. The highest BCUT2D eigenvalue weighted by Gasteiger charge is 2.36. The Morgan fingerprint density at radius 1 is 1.38 bits per heavy atom. The molecule has 0 spiro atoms. The van der Waals surface area contributed by atoms with Crippen molar-refractivity contribution in [3.63, 3.8) is 0 Å². The second kappa shape index (κ2) is 6.81. The van der Waals surface area contributed by atoms with Gasteiger partial charge in [-0.3, -0.25) is 4.57 Å². The molecule has 1 aromatic carbocycles. The molecule has 2 aromatic rings. The molecule has 0 unspecified atom stereocenters. The number of carbonyl (C=O) groups excluding carboxylic acids is 1. The summed E-state index contributed by atoms with van der Waals surface area (Å²) in [5, 5.41) is 10.1. The van der Waals surface area contributed by atoms with Crippen LogP contribution in [0.1, 0.15) is 23.0 Å². The van der Waals surface area contributed by atoms with Gasteiger partial charge < -0.3 is 20.3 Å². The smallest absolute Gasteiger partial charge is 0.351 e. The number of aromatic nitrogens is 2. The molecule has 1 saturated heterocycles. The highest BCUT2D eigenvalue weighted by molar-refractivity contribution is 5.89. The van der Waals surface area contributed by atoms with Crippen molar-refractivity contribution < 1.29 is 19.4 Å². The van der Waals surface area contributed by atoms with Gasteiger partial charge in [0.05, 0.1) is 11.7 Å². The third-order valence-electron chi connectivity index (χ3n) is 3.75. The van der Waals surface area contributed by atoms with Crippen molar-refractivity contribution >= 4 is 11.8 Å². The van der Waals surface area contributed by atoms with Gasteiger partial charge in [0.25, 0.3) is 0 Å². The number of carbonyl (C=O) groups is 1. The van der Waals surface area contributed by atoms with Crippen molar-refractivity contribution in [2.24, 2.45) is 0 Å². The molecule has 1 aromatic heterocycles. The minimum atomic E-state index is -0.858. The van der Waals surface area contributed by atoms with Gasteiger partial charge in [-0.05, 0) is 18.2 Å². The van der Waals surface area contributed by atoms with E-state index in [1.54, 1.807) is 30.3 Å². The van der Waals surface area contributed by atoms with Gasteiger partial charge in [-0.1, -0.05) is 18.2 Å². The van der Waals surface area contributed by atoms with E-state index in [0.29, 0.717) is 5.56 Å². The van der Waals surface area contributed by atoms with Crippen LogP contribution in [0, 0.1) is 0 Å². The summed E-state index contributed by atoms with van der Waals surface area (Å²) in [4.78, 5) is 27.3. The maximum atomic E-state index is 11.9. The molecule has 3 N–H and O–H groups in total. The molecule has 1 aliphatic rings. The summed E-state index contributed by atoms with van der Waals surface area (Å²) in [6, 6.07) is 10.00. The van der Waals surface area contributed by atoms with Crippen LogP contribution < -0.4 is 11.4 Å². The molecule has 8 nitrogen and oxygen atoms in total. The number of anilines is 1. The largest absolute Gasteiger partial charge is 0.459 e. The van der Waals surface area contributed by atoms with Gasteiger partial charge in [0, 0.05) is 12.6 Å². The topological polar surface area (TPSA) is 117 Å². The fourth-order valence-electron chi connectivity index (χ4n) is 2.50. The van der Waals surface area contributed by atoms with Crippen LogP contribution in [0.5, 0.6) is 0 Å². The zero-order valence-electron chi connectivity index (χ0n) is 12.7. The van der Waals surface area contributed by atoms with Crippen LogP contribution in [-0.2, 0) is 9.47 Å². The van der Waals surface area contributed by atoms with E-state index < -0.39 is 30.1 Å². The second-order valence-corrected chi connectivity index (χ2v) is 5.44. The third kappa shape index (κ3) is 3.44. The minimum Gasteiger partial charge on any atom is -0.459 e. The molecule has 24 heavy (non-hydrogen) atoms. The van der Waals surface area contributed by atoms with Crippen molar-refractivity contribution in [2.45, 2.75) is 24.9 Å². The normalized spacial score (nSPS) is 23.1. The Balaban J connectivity index is 1.62. The molecule has 2 heterocycles. The fourth-order valence-corrected chi connectivity index (χ4v) is 2.50. The molecule has 8 heteroatoms. The van der Waals surface area contributed by atoms with Gasteiger partial charge in [-0.25, -0.2) is 9.59 Å². The van der Waals surface area contributed by atoms with Gasteiger partial charge in [-0.2, -0.15) is 4.98 Å². The average Bonchev–Trinajstić information content (AvgIpc) is 2.94. The summed E-state index contributed by atoms with van der Waals surface area (Å²) < 4.78 is 12.0. The molecule has 3 rings (SSSR count). The fraction of sp³-hybridized carbons (Fsp3) is 0.312. The monoisotopic (exact) mass is 331 g/mol. The number of ether oxygens (including phenoxy) is 2. The predicted octanol–water partition coefficient (Wildman–Crippen LogP) is 0.331. The Kier molecular flexibility index (Phi) is 4.59. The Labute approximate surface area is 137 Å². The number of nitrogen functional groups attached to an aromatic ring is 1. The number of hydrogen-bond donors (Lipinski definition) is 2. The first-order valence-electron chi connectivity index (χ1n) is 7.45. The number of benzene rings is 1. The predicted molar refractivity (Wildman–Crippen MR) is 84.2 cm³/mol. The van der Waals surface area contributed by atoms with Crippen LogP contribution in [0.3, 0.4) is 0 Å². The lowest BCUT2D eigenvalue weighted by Crippen LogP contribution is -2.29. The number of aliphatic hydroxyl groups excluding tert-OH is 1. The molecule has 0 amide bonds. The standard InChI is InChI=1S/C16H17N3O5/c17-13-6-7-19(16(22)18-13)14-8-11(20)12(24-14)9-23-15(21)10-4-2-1-3-5-10/h1-7,11-12,14,20H,8-9H2,(H2,17,18,22)/t11-,12+,14+/m0/s1. The lowest BCUT2D eigenvalue weighted by atomic mass is 10.2. The van der Waals surface area contributed by atoms with E-state index in [-0.39, 0.29) is 18.8 Å². The molecule has 1 fully saturated rings. The Hall–Kier alpha value is -2.71. The maximum Gasteiger partial charge on any atom is 0.351 e. The first kappa shape index (κ1) is 16.2. The van der Waals surface area contributed by atoms with Gasteiger partial charge in [-0.15, -0.1) is 0 Å². The summed E-state index contributed by atoms with van der Waals surface area (Å²) in [7, 11) is 0. The van der Waals surface area contributed by atoms with Crippen molar-refractivity contribution in [1.82, 2.24) is 9.55 Å². The van der Waals surface area contributed by atoms with Crippen molar-refractivity contribution in [3.05, 3.63) is 58.6 Å². The van der Waals surface area contributed by atoms with E-state index in [0.717, 1.165) is 0 Å². The molecular formula is C16H17N3O5. The number of hydrogen-bond acceptors (Lipinski definition) is 7. The van der Waals surface area contributed by atoms with E-state index in [1.807, 2.05) is 0 Å². The number of nitrogens with zero attached hydrogens (tertiary/aromatic N) is 2. The van der Waals surface area contributed by atoms with Crippen LogP contribution >= 0.6 is 0 Å². The molecule has 1 aliphatic heterocycles. The highest BCUT2D eigenvalue weighted by atomic mass is 16.6. The highest BCUT2D eigenvalue weighted by Crippen LogP contribution is 2.28. The molecule has 0 saturated carbocycles. The van der Waals surface area contributed by atoms with Crippen LogP contribution in [0.15, 0.2) is 47.4 Å². The maximum absolute atomic E-state index is 11.9. The van der Waals surface area contributed by atoms with Crippen LogP contribution in [0.2, 0.25) is 0 Å². The number of nitrogens with two attached hydrogens (primary N) is 1. The van der Waals surface area contributed by atoms with Crippen molar-refractivity contribution in [3.8, 4) is 0 Å². The van der Waals surface area contributed by atoms with Gasteiger partial charge in [0.15, 0.2) is 0 Å². The molecular weight excluding hydrogens is 314 g/mol. The van der Waals surface area contributed by atoms with E-state index >= 15 is 0 Å². The third-order valence-corrected chi connectivity index (χ3v) is 3.75. The summed E-state index contributed by atoms with van der Waals surface area (Å²) >= 11 is 0. The first-order chi connectivity index (χ1) is 11.5. The SMILES string of the molecule is Nc1ccn([C@H]2C[C@H](O)[C@@H](COC(=O)c3ccccc3)O2)c(=O)n1. The summed E-state index contributed by atoms with van der Waals surface area (Å²) in [5.41, 5.74) is 5.30. The van der Waals surface area contributed by atoms with E-state index in [4.69, 9.17) is 15.2 Å². The van der Waals surface area contributed by atoms with Crippen LogP contribution in [-0.4, -0.2) is 39.4 Å². The summed E-state index contributed by atoms with van der Waals surface area (Å²) in [6.07, 6.45) is -0.601. The Morgan fingerprint density at radius 2 is 2.12 bits per heavy atom. The zero-order valence-corrected chi connectivity index (χ0v) is 12.7. The first-order valence-corrected chi connectivity index (χ1v) is 7.45.